The molecule has 4 aliphatic rings. The number of nitrogens with two attached hydrogens (primary N) is 1. The number of hydrogen-bond acceptors (Lipinski definition) is 12. The molecule has 0 aromatic heterocycles. The number of likely N-dealkylation sites (tertiary alicyclic amines) is 1. The molecule has 9 aromatic carbocycles. The van der Waals surface area contributed by atoms with Crippen molar-refractivity contribution in [1.29, 1.82) is 0 Å². The van der Waals surface area contributed by atoms with E-state index in [1.54, 1.807) is 12.1 Å². The molecule has 642 valence electrons. The number of nitrogens with zero attached hydrogens (tertiary/aromatic N) is 4. The summed E-state index contributed by atoms with van der Waals surface area (Å²) in [4.78, 5) is 87.8. The highest BCUT2D eigenvalue weighted by Gasteiger charge is 2.38. The fourth-order valence-electron chi connectivity index (χ4n) is 15.9. The van der Waals surface area contributed by atoms with E-state index in [2.05, 4.69) is 104 Å². The van der Waals surface area contributed by atoms with Gasteiger partial charge < -0.3 is 62.6 Å². The number of rotatable bonds is 28. The van der Waals surface area contributed by atoms with Crippen LogP contribution in [0.15, 0.2) is 224 Å². The van der Waals surface area contributed by atoms with Gasteiger partial charge in [0, 0.05) is 133 Å². The third-order valence-corrected chi connectivity index (χ3v) is 23.1. The van der Waals surface area contributed by atoms with Crippen LogP contribution in [-0.4, -0.2) is 182 Å². The fraction of sp³-hybridized carbons (Fsp3) is 0.383. The predicted octanol–water partition coefficient (Wildman–Crippen LogP) is 15.6. The van der Waals surface area contributed by atoms with Crippen molar-refractivity contribution in [2.75, 3.05) is 85.1 Å². The van der Waals surface area contributed by atoms with Crippen LogP contribution in [0.2, 0.25) is 15.1 Å². The molecule has 18 nitrogen and oxygen atoms in total. The minimum Gasteiger partial charge on any atom is -0.350 e. The minimum atomic E-state index is -4.53. The molecule has 6 atom stereocenters. The van der Waals surface area contributed by atoms with E-state index in [1.807, 2.05) is 130 Å². The van der Waals surface area contributed by atoms with E-state index in [9.17, 15) is 55.1 Å². The van der Waals surface area contributed by atoms with Gasteiger partial charge in [-0.3, -0.25) is 28.8 Å². The highest BCUT2D eigenvalue weighted by Crippen LogP contribution is 2.34. The van der Waals surface area contributed by atoms with Crippen molar-refractivity contribution in [1.82, 2.24) is 56.8 Å². The number of benzene rings is 9. The Kier molecular flexibility index (Phi) is 34.1. The molecule has 9 aromatic rings. The molecular weight excluding hydrogens is 1610 g/mol. The Balaban J connectivity index is 0.000000178. The van der Waals surface area contributed by atoms with E-state index in [1.165, 1.54) is 30.7 Å². The lowest BCUT2D eigenvalue weighted by molar-refractivity contribution is -0.138. The molecule has 0 saturated carbocycles. The zero-order valence-corrected chi connectivity index (χ0v) is 70.3. The molecule has 4 fully saturated rings. The third kappa shape index (κ3) is 27.6. The third-order valence-electron chi connectivity index (χ3n) is 22.4. The Morgan fingerprint density at radius 2 is 0.835 bits per heavy atom. The van der Waals surface area contributed by atoms with Gasteiger partial charge in [0.1, 0.15) is 0 Å². The van der Waals surface area contributed by atoms with E-state index < -0.39 is 47.4 Å². The summed E-state index contributed by atoms with van der Waals surface area (Å²) < 4.78 is 78.8. The Bertz CT molecular complexity index is 4770. The van der Waals surface area contributed by atoms with Crippen LogP contribution in [-0.2, 0) is 33.3 Å². The number of alkyl halides is 6. The van der Waals surface area contributed by atoms with Crippen molar-refractivity contribution in [3.8, 4) is 0 Å². The summed E-state index contributed by atoms with van der Waals surface area (Å²) in [5, 5.41) is 26.0. The van der Waals surface area contributed by atoms with Crippen LogP contribution >= 0.6 is 34.8 Å². The normalized spacial score (nSPS) is 18.8. The summed E-state index contributed by atoms with van der Waals surface area (Å²) >= 11 is 18.5. The molecule has 9 N–H and O–H groups in total. The lowest BCUT2D eigenvalue weighted by Gasteiger charge is -2.31. The molecule has 0 spiro atoms. The van der Waals surface area contributed by atoms with Crippen LogP contribution in [0.4, 0.5) is 26.3 Å². The number of nitrogens with one attached hydrogen (secondary N) is 7. The lowest BCUT2D eigenvalue weighted by atomic mass is 9.90. The Labute approximate surface area is 719 Å². The summed E-state index contributed by atoms with van der Waals surface area (Å²) in [7, 11) is 0. The summed E-state index contributed by atoms with van der Waals surface area (Å²) in [6, 6.07) is 64.3. The van der Waals surface area contributed by atoms with E-state index in [0.29, 0.717) is 124 Å². The largest absolute Gasteiger partial charge is 0.416 e. The summed E-state index contributed by atoms with van der Waals surface area (Å²) in [5.74, 6) is -1.30. The first-order chi connectivity index (χ1) is 58.2. The van der Waals surface area contributed by atoms with Crippen molar-refractivity contribution in [2.24, 2.45) is 5.73 Å². The van der Waals surface area contributed by atoms with Gasteiger partial charge in [0.15, 0.2) is 0 Å². The van der Waals surface area contributed by atoms with Crippen LogP contribution < -0.4 is 43.0 Å². The highest BCUT2D eigenvalue weighted by molar-refractivity contribution is 6.34. The monoisotopic (exact) mass is 1720 g/mol. The Hall–Kier alpha value is -9.73. The number of carbonyl (C=O) groups is 6. The number of amides is 6. The molecule has 121 heavy (non-hydrogen) atoms. The Morgan fingerprint density at radius 1 is 0.438 bits per heavy atom. The van der Waals surface area contributed by atoms with Gasteiger partial charge in [-0.15, -0.1) is 0 Å². The standard InChI is InChI=1S/C35H41F3N4O2.C30H33F3N4O2.C29H33Cl3N4O2/c36-35(37,38)29-16-10-15-28(23-29)33(43)39-24-30-17-22-42(34(44)32(40-30)18-21-41-19-8-3-9-20-41)25-31(26-11-4-1-5-12-26)27-13-6-2-7-14-27;31-30(32,33)24-13-7-12-23(18-24)28(38)35-19-25-15-17-37(29(39)27(36-25)14-16-34)20-26(21-8-3-1-4-9-21)22-10-5-2-6-11-22;1-18(2)33-9-7-27-29(38)36(17-19-11-24(31)15-25(32)12-19)10-8-26(35-27)16-34-28(37)22-4-3-21-14-23(30)6-5-20(21)13-22/h1-2,4-7,10-16,23,30-32,40H,3,8-9,17-22,24-25H2,(H,39,43);1-13,18,25-27,36H,14-17,19-20,34H2,(H,35,38);3-6,11-15,18,26-27,33,35H,7-10,16-17H2,1-2H3,(H,34,37)/t30-,32-;25-,27-;26-,27-/m000/s1. The van der Waals surface area contributed by atoms with Gasteiger partial charge in [-0.1, -0.05) is 201 Å². The van der Waals surface area contributed by atoms with Crippen molar-refractivity contribution in [3.05, 3.63) is 295 Å². The average Bonchev–Trinajstić information content (AvgIpc) is 1.81. The van der Waals surface area contributed by atoms with Gasteiger partial charge >= 0.3 is 12.4 Å². The molecule has 4 heterocycles. The maximum Gasteiger partial charge on any atom is 0.416 e. The molecule has 0 bridgehead atoms. The number of carbonyl (C=O) groups excluding carboxylic acids is 6. The maximum absolute atomic E-state index is 14.1. The second-order valence-electron chi connectivity index (χ2n) is 31.6. The fourth-order valence-corrected chi connectivity index (χ4v) is 16.7. The first-order valence-corrected chi connectivity index (χ1v) is 42.7. The van der Waals surface area contributed by atoms with E-state index in [-0.39, 0.29) is 83.8 Å². The maximum atomic E-state index is 14.1. The molecule has 4 saturated heterocycles. The summed E-state index contributed by atoms with van der Waals surface area (Å²) in [6.07, 6.45) is -1.92. The van der Waals surface area contributed by atoms with Crippen LogP contribution in [0, 0.1) is 0 Å². The number of piperidine rings is 1. The second kappa shape index (κ2) is 44.9. The van der Waals surface area contributed by atoms with Crippen molar-refractivity contribution in [3.63, 3.8) is 0 Å². The minimum absolute atomic E-state index is 0.00116. The van der Waals surface area contributed by atoms with Gasteiger partial charge in [-0.2, -0.15) is 26.3 Å². The quantitative estimate of drug-likeness (QED) is 0.0214. The van der Waals surface area contributed by atoms with Crippen molar-refractivity contribution < 1.29 is 55.1 Å². The smallest absolute Gasteiger partial charge is 0.350 e. The molecule has 0 aliphatic carbocycles. The highest BCUT2D eigenvalue weighted by atomic mass is 35.5. The van der Waals surface area contributed by atoms with Gasteiger partial charge in [-0.25, -0.2) is 0 Å². The van der Waals surface area contributed by atoms with Gasteiger partial charge in [-0.05, 0) is 195 Å². The van der Waals surface area contributed by atoms with Gasteiger partial charge in [0.25, 0.3) is 17.7 Å². The van der Waals surface area contributed by atoms with E-state index >= 15 is 0 Å². The van der Waals surface area contributed by atoms with E-state index in [4.69, 9.17) is 40.5 Å². The topological polar surface area (TPSA) is 226 Å². The van der Waals surface area contributed by atoms with Crippen molar-refractivity contribution >= 4 is 81.0 Å². The zero-order valence-electron chi connectivity index (χ0n) is 68.0. The number of hydrogen-bond donors (Lipinski definition) is 8. The lowest BCUT2D eigenvalue weighted by Crippen LogP contribution is -2.50. The molecule has 0 radical (unpaired) electrons. The van der Waals surface area contributed by atoms with Crippen LogP contribution in [0.1, 0.15) is 153 Å². The molecular formula is C94H107Cl3F6N12O6. The molecule has 0 unspecified atom stereocenters. The van der Waals surface area contributed by atoms with Crippen LogP contribution in [0.3, 0.4) is 0 Å². The molecule has 27 heteroatoms. The molecule has 6 amide bonds. The van der Waals surface area contributed by atoms with Crippen LogP contribution in [0.25, 0.3) is 10.8 Å². The van der Waals surface area contributed by atoms with Crippen LogP contribution in [0.5, 0.6) is 0 Å². The SMILES string of the molecule is CC(C)NCC[C@@H]1N[C@H](CNC(=O)c2ccc3cc(Cl)ccc3c2)CCN(Cc2cc(Cl)cc(Cl)c2)C1=O.NCC[C@@H]1N[C@H](CNC(=O)c2cccc(C(F)(F)F)c2)CCN(CC(c2ccccc2)c2ccccc2)C1=O.O=C(NC[C@@H]1CCN(CC(c2ccccc2)c2ccccc2)C(=O)[C@H](CCN2CCCCC2)N1)c1cccc(C(F)(F)F)c1. The Morgan fingerprint density at radius 3 is 1.26 bits per heavy atom. The van der Waals surface area contributed by atoms with Gasteiger partial charge in [0.05, 0.1) is 29.3 Å². The summed E-state index contributed by atoms with van der Waals surface area (Å²) in [5.41, 5.74) is 9.94. The first kappa shape index (κ1) is 92.0. The summed E-state index contributed by atoms with van der Waals surface area (Å²) in [6.45, 7) is 11.8. The number of halogens is 9. The average molecular weight is 1720 g/mol. The zero-order chi connectivity index (χ0) is 86.0. The predicted molar refractivity (Wildman–Crippen MR) is 466 cm³/mol. The first-order valence-electron chi connectivity index (χ1n) is 41.5. The van der Waals surface area contributed by atoms with Crippen molar-refractivity contribution in [2.45, 2.75) is 145 Å². The molecule has 13 rings (SSSR count). The van der Waals surface area contributed by atoms with E-state index in [0.717, 1.165) is 95.3 Å². The molecule has 4 aliphatic heterocycles. The number of fused-ring (bicyclic) bond motifs is 1. The van der Waals surface area contributed by atoms with Gasteiger partial charge in [0.2, 0.25) is 17.7 Å². The second-order valence-corrected chi connectivity index (χ2v) is 32.9.